The first kappa shape index (κ1) is 14.7. The molecule has 0 radical (unpaired) electrons. The Morgan fingerprint density at radius 1 is 1.26 bits per heavy atom. The number of hydrogen-bond donors (Lipinski definition) is 2. The maximum atomic E-state index is 11.9. The number of nitrogens with zero attached hydrogens (tertiary/aromatic N) is 2. The average Bonchev–Trinajstić information content (AvgIpc) is 2.36. The summed E-state index contributed by atoms with van der Waals surface area (Å²) in [6.45, 7) is 5.62. The molecule has 0 saturated heterocycles. The van der Waals surface area contributed by atoms with Crippen LogP contribution in [-0.4, -0.2) is 11.9 Å². The number of hydrogen-bond acceptors (Lipinski definition) is 4. The Kier molecular flexibility index (Phi) is 4.26. The van der Waals surface area contributed by atoms with Gasteiger partial charge in [-0.05, 0) is 23.6 Å². The van der Waals surface area contributed by atoms with Crippen LogP contribution < -0.4 is 11.1 Å². The van der Waals surface area contributed by atoms with Crippen molar-refractivity contribution >= 4 is 11.6 Å². The summed E-state index contributed by atoms with van der Waals surface area (Å²) in [5, 5.41) is 20.4. The number of carbonyl (C=O) groups excluding carboxylic acids is 1. The van der Waals surface area contributed by atoms with Crippen LogP contribution in [0.25, 0.3) is 0 Å². The number of amides is 1. The van der Waals surface area contributed by atoms with E-state index < -0.39 is 6.04 Å². The summed E-state index contributed by atoms with van der Waals surface area (Å²) in [5.74, 6) is -0.318. The summed E-state index contributed by atoms with van der Waals surface area (Å²) in [4.78, 5) is 11.9. The zero-order chi connectivity index (χ0) is 14.6. The summed E-state index contributed by atoms with van der Waals surface area (Å²) >= 11 is 0. The van der Waals surface area contributed by atoms with E-state index in [1.807, 2.05) is 32.9 Å². The maximum Gasteiger partial charge on any atom is 0.241 e. The lowest BCUT2D eigenvalue weighted by Gasteiger charge is -2.25. The van der Waals surface area contributed by atoms with Crippen molar-refractivity contribution in [1.29, 1.82) is 10.5 Å². The zero-order valence-electron chi connectivity index (χ0n) is 11.2. The first-order valence-electron chi connectivity index (χ1n) is 5.80. The van der Waals surface area contributed by atoms with E-state index in [4.69, 9.17) is 16.3 Å². The van der Waals surface area contributed by atoms with Crippen LogP contribution in [0.5, 0.6) is 0 Å². The molecule has 5 nitrogen and oxygen atoms in total. The van der Waals surface area contributed by atoms with E-state index >= 15 is 0 Å². The van der Waals surface area contributed by atoms with Gasteiger partial charge in [-0.1, -0.05) is 20.8 Å². The normalized spacial score (nSPS) is 12.1. The first-order valence-corrected chi connectivity index (χ1v) is 5.80. The number of nitrogens with two attached hydrogens (primary N) is 1. The van der Waals surface area contributed by atoms with Crippen LogP contribution >= 0.6 is 0 Å². The van der Waals surface area contributed by atoms with Crippen molar-refractivity contribution in [1.82, 2.24) is 0 Å². The fourth-order valence-corrected chi connectivity index (χ4v) is 1.43. The second kappa shape index (κ2) is 5.51. The quantitative estimate of drug-likeness (QED) is 0.841. The highest BCUT2D eigenvalue weighted by Crippen LogP contribution is 2.20. The first-order chi connectivity index (χ1) is 8.79. The largest absolute Gasteiger partial charge is 0.325 e. The van der Waals surface area contributed by atoms with Gasteiger partial charge in [-0.2, -0.15) is 10.5 Å². The molecule has 0 aliphatic carbocycles. The van der Waals surface area contributed by atoms with Crippen LogP contribution in [0.3, 0.4) is 0 Å². The molecule has 0 aliphatic rings. The van der Waals surface area contributed by atoms with Crippen LogP contribution in [0.2, 0.25) is 0 Å². The molecule has 0 aromatic heterocycles. The molecule has 0 bridgehead atoms. The van der Waals surface area contributed by atoms with E-state index in [2.05, 4.69) is 5.32 Å². The SMILES string of the molecule is CC(C)(C)C(N)C(=O)Nc1ccc(C#N)c(C#N)c1. The third-order valence-electron chi connectivity index (χ3n) is 2.74. The molecular weight excluding hydrogens is 240 g/mol. The van der Waals surface area contributed by atoms with Crippen molar-refractivity contribution in [3.05, 3.63) is 29.3 Å². The molecule has 1 rings (SSSR count). The third kappa shape index (κ3) is 3.54. The number of nitrogens with one attached hydrogen (secondary N) is 1. The van der Waals surface area contributed by atoms with Crippen molar-refractivity contribution in [2.24, 2.45) is 11.1 Å². The van der Waals surface area contributed by atoms with Crippen molar-refractivity contribution in [2.75, 3.05) is 5.32 Å². The molecule has 3 N–H and O–H groups in total. The molecule has 0 spiro atoms. The molecule has 1 amide bonds. The highest BCUT2D eigenvalue weighted by Gasteiger charge is 2.27. The van der Waals surface area contributed by atoms with Gasteiger partial charge in [-0.15, -0.1) is 0 Å². The Morgan fingerprint density at radius 3 is 2.32 bits per heavy atom. The highest BCUT2D eigenvalue weighted by molar-refractivity contribution is 5.95. The van der Waals surface area contributed by atoms with E-state index in [0.717, 1.165) is 0 Å². The van der Waals surface area contributed by atoms with Gasteiger partial charge in [0.15, 0.2) is 0 Å². The monoisotopic (exact) mass is 256 g/mol. The Hall–Kier alpha value is -2.37. The lowest BCUT2D eigenvalue weighted by atomic mass is 9.87. The Bertz CT molecular complexity index is 573. The lowest BCUT2D eigenvalue weighted by molar-refractivity contribution is -0.119. The molecule has 19 heavy (non-hydrogen) atoms. The van der Waals surface area contributed by atoms with Crippen LogP contribution in [0, 0.1) is 28.1 Å². The third-order valence-corrected chi connectivity index (χ3v) is 2.74. The summed E-state index contributed by atoms with van der Waals surface area (Å²) in [6, 6.07) is 7.71. The van der Waals surface area contributed by atoms with E-state index in [0.29, 0.717) is 5.69 Å². The number of nitriles is 2. The smallest absolute Gasteiger partial charge is 0.241 e. The van der Waals surface area contributed by atoms with Crippen molar-refractivity contribution in [3.8, 4) is 12.1 Å². The molecule has 1 atom stereocenters. The Morgan fingerprint density at radius 2 is 1.84 bits per heavy atom. The summed E-state index contributed by atoms with van der Waals surface area (Å²) in [6.07, 6.45) is 0. The minimum absolute atomic E-state index is 0.227. The van der Waals surface area contributed by atoms with Gasteiger partial charge in [0.1, 0.15) is 12.1 Å². The standard InChI is InChI=1S/C14H16N4O/c1-14(2,3)12(17)13(19)18-11-5-4-9(7-15)10(6-11)8-16/h4-6,12H,17H2,1-3H3,(H,18,19). The molecule has 0 fully saturated rings. The van der Waals surface area contributed by atoms with E-state index in [1.54, 1.807) is 6.07 Å². The van der Waals surface area contributed by atoms with Crippen LogP contribution in [-0.2, 0) is 4.79 Å². The van der Waals surface area contributed by atoms with Gasteiger partial charge in [0, 0.05) is 5.69 Å². The van der Waals surface area contributed by atoms with Gasteiger partial charge in [-0.25, -0.2) is 0 Å². The Balaban J connectivity index is 2.94. The molecule has 0 heterocycles. The molecule has 5 heteroatoms. The zero-order valence-corrected chi connectivity index (χ0v) is 11.2. The summed E-state index contributed by atoms with van der Waals surface area (Å²) < 4.78 is 0. The average molecular weight is 256 g/mol. The fourth-order valence-electron chi connectivity index (χ4n) is 1.43. The van der Waals surface area contributed by atoms with Gasteiger partial charge < -0.3 is 11.1 Å². The Labute approximate surface area is 112 Å². The molecule has 98 valence electrons. The van der Waals surface area contributed by atoms with Crippen LogP contribution in [0.15, 0.2) is 18.2 Å². The van der Waals surface area contributed by atoms with E-state index in [1.165, 1.54) is 12.1 Å². The predicted molar refractivity (Wildman–Crippen MR) is 71.9 cm³/mol. The minimum Gasteiger partial charge on any atom is -0.325 e. The van der Waals surface area contributed by atoms with Crippen molar-refractivity contribution in [3.63, 3.8) is 0 Å². The second-order valence-electron chi connectivity index (χ2n) is 5.32. The van der Waals surface area contributed by atoms with Gasteiger partial charge in [-0.3, -0.25) is 4.79 Å². The van der Waals surface area contributed by atoms with Gasteiger partial charge in [0.05, 0.1) is 17.2 Å². The minimum atomic E-state index is -0.659. The molecule has 1 aromatic carbocycles. The molecule has 1 unspecified atom stereocenters. The maximum absolute atomic E-state index is 11.9. The second-order valence-corrected chi connectivity index (χ2v) is 5.32. The number of anilines is 1. The molecule has 1 aromatic rings. The fraction of sp³-hybridized carbons (Fsp3) is 0.357. The number of benzene rings is 1. The molecule has 0 aliphatic heterocycles. The predicted octanol–water partition coefficient (Wildman–Crippen LogP) is 1.74. The van der Waals surface area contributed by atoms with Crippen LogP contribution in [0.1, 0.15) is 31.9 Å². The number of carbonyl (C=O) groups is 1. The molecule has 0 saturated carbocycles. The van der Waals surface area contributed by atoms with Gasteiger partial charge in [0.25, 0.3) is 0 Å². The number of rotatable bonds is 2. The van der Waals surface area contributed by atoms with Crippen LogP contribution in [0.4, 0.5) is 5.69 Å². The molecular formula is C14H16N4O. The summed E-state index contributed by atoms with van der Waals surface area (Å²) in [5.41, 5.74) is 6.45. The van der Waals surface area contributed by atoms with Gasteiger partial charge in [0.2, 0.25) is 5.91 Å². The van der Waals surface area contributed by atoms with Crippen molar-refractivity contribution in [2.45, 2.75) is 26.8 Å². The van der Waals surface area contributed by atoms with E-state index in [-0.39, 0.29) is 22.4 Å². The van der Waals surface area contributed by atoms with Crippen molar-refractivity contribution < 1.29 is 4.79 Å². The highest BCUT2D eigenvalue weighted by atomic mass is 16.2. The lowest BCUT2D eigenvalue weighted by Crippen LogP contribution is -2.45. The summed E-state index contributed by atoms with van der Waals surface area (Å²) in [7, 11) is 0. The topological polar surface area (TPSA) is 103 Å². The van der Waals surface area contributed by atoms with Gasteiger partial charge >= 0.3 is 0 Å². The van der Waals surface area contributed by atoms with E-state index in [9.17, 15) is 4.79 Å².